The van der Waals surface area contributed by atoms with Crippen LogP contribution in [0.2, 0.25) is 0 Å². The average Bonchev–Trinajstić information content (AvgIpc) is 3.48. The van der Waals surface area contributed by atoms with Crippen LogP contribution in [0.25, 0.3) is 6.08 Å². The van der Waals surface area contributed by atoms with E-state index in [1.807, 2.05) is 0 Å². The minimum atomic E-state index is -0.0594. The number of allylic oxidation sites excluding steroid dienone is 1. The van der Waals surface area contributed by atoms with E-state index in [2.05, 4.69) is 53.0 Å². The summed E-state index contributed by atoms with van der Waals surface area (Å²) in [6.07, 6.45) is 7.63. The van der Waals surface area contributed by atoms with Crippen LogP contribution in [0.1, 0.15) is 45.9 Å². The molecule has 6 heteroatoms. The van der Waals surface area contributed by atoms with Crippen molar-refractivity contribution in [2.75, 3.05) is 0 Å². The largest absolute Gasteiger partial charge is 0.274 e. The third-order valence-electron chi connectivity index (χ3n) is 5.59. The van der Waals surface area contributed by atoms with Gasteiger partial charge in [-0.3, -0.25) is 9.78 Å². The Kier molecular flexibility index (Phi) is 4.89. The quantitative estimate of drug-likeness (QED) is 0.531. The highest BCUT2D eigenvalue weighted by Crippen LogP contribution is 2.47. The molecule has 0 spiro atoms. The molecule has 1 amide bonds. The summed E-state index contributed by atoms with van der Waals surface area (Å²) in [4.78, 5) is 19.9. The van der Waals surface area contributed by atoms with Gasteiger partial charge in [0.05, 0.1) is 11.8 Å². The molecule has 1 fully saturated rings. The lowest BCUT2D eigenvalue weighted by Crippen LogP contribution is -2.32. The van der Waals surface area contributed by atoms with Gasteiger partial charge in [-0.15, -0.1) is 22.7 Å². The second kappa shape index (κ2) is 7.69. The second-order valence-corrected chi connectivity index (χ2v) is 9.63. The Bertz CT molecular complexity index is 1060. The van der Waals surface area contributed by atoms with Gasteiger partial charge in [-0.25, -0.2) is 5.01 Å². The van der Waals surface area contributed by atoms with Gasteiger partial charge in [0, 0.05) is 33.6 Å². The van der Waals surface area contributed by atoms with E-state index in [1.54, 1.807) is 52.2 Å². The Morgan fingerprint density at radius 1 is 1.14 bits per heavy atom. The fourth-order valence-corrected chi connectivity index (χ4v) is 5.92. The summed E-state index contributed by atoms with van der Waals surface area (Å²) in [6, 6.07) is 11.9. The van der Waals surface area contributed by atoms with Gasteiger partial charge in [0.25, 0.3) is 5.91 Å². The Labute approximate surface area is 178 Å². The number of hydrogen-bond acceptors (Lipinski definition) is 5. The molecule has 0 bridgehead atoms. The molecular weight excluding hydrogens is 398 g/mol. The van der Waals surface area contributed by atoms with Crippen molar-refractivity contribution in [3.63, 3.8) is 0 Å². The van der Waals surface area contributed by atoms with E-state index in [-0.39, 0.29) is 17.9 Å². The third kappa shape index (κ3) is 3.47. The number of amides is 1. The summed E-state index contributed by atoms with van der Waals surface area (Å²) in [5, 5.41) is 10.8. The van der Waals surface area contributed by atoms with Gasteiger partial charge in [0.15, 0.2) is 0 Å². The van der Waals surface area contributed by atoms with Crippen LogP contribution in [0.15, 0.2) is 70.2 Å². The SMILES string of the molecule is C[C@@H]1C/C(=C/c2cccs2)C2=NN(C(=O)c3ccncc3)[C@H](c3cccs3)[C@H]2C1. The number of rotatable bonds is 3. The van der Waals surface area contributed by atoms with Gasteiger partial charge in [-0.2, -0.15) is 5.10 Å². The van der Waals surface area contributed by atoms with Crippen LogP contribution in [0.4, 0.5) is 0 Å². The zero-order valence-electron chi connectivity index (χ0n) is 16.1. The fourth-order valence-electron chi connectivity index (χ4n) is 4.37. The molecule has 1 aliphatic heterocycles. The molecule has 3 aromatic rings. The molecule has 5 rings (SSSR count). The number of aromatic nitrogens is 1. The van der Waals surface area contributed by atoms with E-state index in [0.717, 1.165) is 18.6 Å². The van der Waals surface area contributed by atoms with E-state index in [1.165, 1.54) is 15.3 Å². The first-order valence-corrected chi connectivity index (χ1v) is 11.6. The maximum absolute atomic E-state index is 13.4. The molecule has 29 heavy (non-hydrogen) atoms. The van der Waals surface area contributed by atoms with Crippen LogP contribution >= 0.6 is 22.7 Å². The highest BCUT2D eigenvalue weighted by molar-refractivity contribution is 7.11. The van der Waals surface area contributed by atoms with Gasteiger partial charge >= 0.3 is 0 Å². The third-order valence-corrected chi connectivity index (χ3v) is 7.36. The highest BCUT2D eigenvalue weighted by Gasteiger charge is 2.45. The number of thiophene rings is 2. The van der Waals surface area contributed by atoms with Crippen LogP contribution in [-0.4, -0.2) is 21.6 Å². The van der Waals surface area contributed by atoms with Crippen molar-refractivity contribution in [2.24, 2.45) is 16.9 Å². The van der Waals surface area contributed by atoms with Gasteiger partial charge < -0.3 is 0 Å². The Morgan fingerprint density at radius 3 is 2.66 bits per heavy atom. The summed E-state index contributed by atoms with van der Waals surface area (Å²) >= 11 is 3.44. The summed E-state index contributed by atoms with van der Waals surface area (Å²) in [5.74, 6) is 0.730. The summed E-state index contributed by atoms with van der Waals surface area (Å²) in [6.45, 7) is 2.30. The second-order valence-electron chi connectivity index (χ2n) is 7.67. The number of carbonyl (C=O) groups excluding carboxylic acids is 1. The standard InChI is InChI=1S/C23H21N3OS2/c1-15-12-17(14-18-4-2-10-28-18)21-19(13-15)22(20-5-3-11-29-20)26(25-21)23(27)16-6-8-24-9-7-16/h2-11,14-15,19,22H,12-13H2,1H3/b17-14-/t15-,19+,22+/m1/s1. The summed E-state index contributed by atoms with van der Waals surface area (Å²) < 4.78 is 0. The van der Waals surface area contributed by atoms with Crippen molar-refractivity contribution >= 4 is 40.4 Å². The topological polar surface area (TPSA) is 45.6 Å². The van der Waals surface area contributed by atoms with E-state index in [9.17, 15) is 4.79 Å². The van der Waals surface area contributed by atoms with Crippen LogP contribution in [0.3, 0.4) is 0 Å². The lowest BCUT2D eigenvalue weighted by Gasteiger charge is -2.31. The summed E-state index contributed by atoms with van der Waals surface area (Å²) in [5.41, 5.74) is 2.97. The highest BCUT2D eigenvalue weighted by atomic mass is 32.1. The van der Waals surface area contributed by atoms with Crippen LogP contribution in [0, 0.1) is 11.8 Å². The molecule has 1 aliphatic carbocycles. The van der Waals surface area contributed by atoms with E-state index < -0.39 is 0 Å². The Balaban J connectivity index is 1.59. The molecule has 0 unspecified atom stereocenters. The average molecular weight is 420 g/mol. The van der Waals surface area contributed by atoms with Crippen molar-refractivity contribution in [3.8, 4) is 0 Å². The molecule has 2 aliphatic rings. The maximum Gasteiger partial charge on any atom is 0.274 e. The van der Waals surface area contributed by atoms with Crippen molar-refractivity contribution in [1.82, 2.24) is 9.99 Å². The van der Waals surface area contributed by atoms with Crippen LogP contribution in [-0.2, 0) is 0 Å². The van der Waals surface area contributed by atoms with Gasteiger partial charge in [-0.1, -0.05) is 19.1 Å². The van der Waals surface area contributed by atoms with Gasteiger partial charge in [0.1, 0.15) is 0 Å². The van der Waals surface area contributed by atoms with Crippen molar-refractivity contribution < 1.29 is 4.79 Å². The first-order valence-electron chi connectivity index (χ1n) is 9.80. The van der Waals surface area contributed by atoms with Gasteiger partial charge in [-0.05, 0) is 65.4 Å². The molecule has 0 saturated heterocycles. The first kappa shape index (κ1) is 18.5. The van der Waals surface area contributed by atoms with E-state index >= 15 is 0 Å². The monoisotopic (exact) mass is 419 g/mol. The molecular formula is C23H21N3OS2. The maximum atomic E-state index is 13.4. The number of hydrazone groups is 1. The molecule has 0 radical (unpaired) electrons. The number of pyridine rings is 1. The smallest absolute Gasteiger partial charge is 0.267 e. The molecule has 4 nitrogen and oxygen atoms in total. The Hall–Kier alpha value is -2.57. The normalized spacial score (nSPS) is 25.1. The number of carbonyl (C=O) groups is 1. The molecule has 0 aromatic carbocycles. The zero-order valence-corrected chi connectivity index (χ0v) is 17.7. The molecule has 3 atom stereocenters. The number of hydrogen-bond donors (Lipinski definition) is 0. The molecule has 1 saturated carbocycles. The lowest BCUT2D eigenvalue weighted by molar-refractivity contribution is 0.0680. The van der Waals surface area contributed by atoms with Crippen LogP contribution in [0.5, 0.6) is 0 Å². The minimum Gasteiger partial charge on any atom is -0.267 e. The predicted octanol–water partition coefficient (Wildman–Crippen LogP) is 5.89. The van der Waals surface area contributed by atoms with Crippen LogP contribution < -0.4 is 0 Å². The number of fused-ring (bicyclic) bond motifs is 1. The number of nitrogens with zero attached hydrogens (tertiary/aromatic N) is 3. The van der Waals surface area contributed by atoms with Crippen molar-refractivity contribution in [1.29, 1.82) is 0 Å². The van der Waals surface area contributed by atoms with E-state index in [0.29, 0.717) is 11.5 Å². The molecule has 3 aromatic heterocycles. The minimum absolute atomic E-state index is 0.0415. The summed E-state index contributed by atoms with van der Waals surface area (Å²) in [7, 11) is 0. The predicted molar refractivity (Wildman–Crippen MR) is 119 cm³/mol. The Morgan fingerprint density at radius 2 is 1.93 bits per heavy atom. The van der Waals surface area contributed by atoms with Gasteiger partial charge in [0.2, 0.25) is 0 Å². The molecule has 146 valence electrons. The zero-order chi connectivity index (χ0) is 19.8. The fraction of sp³-hybridized carbons (Fsp3) is 0.261. The van der Waals surface area contributed by atoms with Crippen molar-refractivity contribution in [3.05, 3.63) is 80.4 Å². The molecule has 4 heterocycles. The van der Waals surface area contributed by atoms with E-state index in [4.69, 9.17) is 5.10 Å². The first-order chi connectivity index (χ1) is 14.2. The molecule has 0 N–H and O–H groups in total. The lowest BCUT2D eigenvalue weighted by atomic mass is 9.74. The van der Waals surface area contributed by atoms with Crippen molar-refractivity contribution in [2.45, 2.75) is 25.8 Å².